The van der Waals surface area contributed by atoms with E-state index in [2.05, 4.69) is 31.0 Å². The number of pyridine rings is 1. The van der Waals surface area contributed by atoms with Crippen LogP contribution in [0.4, 0.5) is 0 Å². The summed E-state index contributed by atoms with van der Waals surface area (Å²) in [4.78, 5) is 4.29. The maximum atomic E-state index is 5.74. The first kappa shape index (κ1) is 11.9. The highest BCUT2D eigenvalue weighted by Gasteiger charge is 1.98. The molecule has 2 heteroatoms. The Labute approximate surface area is 103 Å². The SMILES string of the molecule is CC(C)CCCOc1ccc2ncccc2c1. The number of ether oxygens (including phenoxy) is 1. The zero-order valence-electron chi connectivity index (χ0n) is 10.5. The quantitative estimate of drug-likeness (QED) is 0.721. The van der Waals surface area contributed by atoms with Gasteiger partial charge in [0.2, 0.25) is 0 Å². The molecular formula is C15H19NO. The summed E-state index contributed by atoms with van der Waals surface area (Å²) in [6.45, 7) is 5.27. The molecule has 2 aromatic rings. The fraction of sp³-hybridized carbons (Fsp3) is 0.400. The molecule has 0 spiro atoms. The van der Waals surface area contributed by atoms with Crippen molar-refractivity contribution in [2.45, 2.75) is 26.7 Å². The molecule has 2 rings (SSSR count). The molecule has 0 aliphatic heterocycles. The lowest BCUT2D eigenvalue weighted by Crippen LogP contribution is -1.99. The molecule has 17 heavy (non-hydrogen) atoms. The van der Waals surface area contributed by atoms with Crippen LogP contribution in [0.5, 0.6) is 5.75 Å². The summed E-state index contributed by atoms with van der Waals surface area (Å²) in [5.74, 6) is 1.69. The predicted molar refractivity (Wildman–Crippen MR) is 71.3 cm³/mol. The van der Waals surface area contributed by atoms with Crippen LogP contribution in [-0.4, -0.2) is 11.6 Å². The van der Waals surface area contributed by atoms with E-state index in [-0.39, 0.29) is 0 Å². The second-order valence-corrected chi connectivity index (χ2v) is 4.74. The Bertz CT molecular complexity index is 479. The predicted octanol–water partition coefficient (Wildman–Crippen LogP) is 4.05. The van der Waals surface area contributed by atoms with Gasteiger partial charge in [0.25, 0.3) is 0 Å². The van der Waals surface area contributed by atoms with Gasteiger partial charge in [-0.15, -0.1) is 0 Å². The van der Waals surface area contributed by atoms with Crippen LogP contribution in [-0.2, 0) is 0 Å². The molecule has 0 amide bonds. The van der Waals surface area contributed by atoms with Crippen molar-refractivity contribution in [1.82, 2.24) is 4.98 Å². The Morgan fingerprint density at radius 2 is 2.12 bits per heavy atom. The van der Waals surface area contributed by atoms with E-state index in [4.69, 9.17) is 4.74 Å². The van der Waals surface area contributed by atoms with Gasteiger partial charge in [-0.25, -0.2) is 0 Å². The van der Waals surface area contributed by atoms with Gasteiger partial charge in [0, 0.05) is 11.6 Å². The van der Waals surface area contributed by atoms with E-state index in [0.717, 1.165) is 35.6 Å². The summed E-state index contributed by atoms with van der Waals surface area (Å²) in [5, 5.41) is 1.13. The van der Waals surface area contributed by atoms with Gasteiger partial charge in [-0.3, -0.25) is 4.98 Å². The van der Waals surface area contributed by atoms with Crippen LogP contribution in [0.1, 0.15) is 26.7 Å². The molecule has 0 aliphatic carbocycles. The molecule has 0 N–H and O–H groups in total. The first-order chi connectivity index (χ1) is 8.25. The molecule has 1 heterocycles. The normalized spacial score (nSPS) is 11.0. The first-order valence-electron chi connectivity index (χ1n) is 6.23. The van der Waals surface area contributed by atoms with E-state index in [1.165, 1.54) is 6.42 Å². The molecule has 0 radical (unpaired) electrons. The molecule has 2 nitrogen and oxygen atoms in total. The lowest BCUT2D eigenvalue weighted by molar-refractivity contribution is 0.298. The third-order valence-corrected chi connectivity index (χ3v) is 2.77. The summed E-state index contributed by atoms with van der Waals surface area (Å²) in [5.41, 5.74) is 1.02. The van der Waals surface area contributed by atoms with Crippen LogP contribution < -0.4 is 4.74 Å². The summed E-state index contributed by atoms with van der Waals surface area (Å²) < 4.78 is 5.74. The minimum absolute atomic E-state index is 0.749. The van der Waals surface area contributed by atoms with Crippen LogP contribution in [0.3, 0.4) is 0 Å². The Kier molecular flexibility index (Phi) is 3.97. The highest BCUT2D eigenvalue weighted by molar-refractivity contribution is 5.79. The van der Waals surface area contributed by atoms with Gasteiger partial charge in [0.15, 0.2) is 0 Å². The van der Waals surface area contributed by atoms with E-state index < -0.39 is 0 Å². The number of hydrogen-bond donors (Lipinski definition) is 0. The minimum atomic E-state index is 0.749. The average Bonchev–Trinajstić information content (AvgIpc) is 2.34. The van der Waals surface area contributed by atoms with Crippen molar-refractivity contribution in [2.75, 3.05) is 6.61 Å². The van der Waals surface area contributed by atoms with Crippen molar-refractivity contribution in [2.24, 2.45) is 5.92 Å². The number of nitrogens with zero attached hydrogens (tertiary/aromatic N) is 1. The molecule has 0 atom stereocenters. The Balaban J connectivity index is 1.95. The molecule has 0 aliphatic rings. The fourth-order valence-corrected chi connectivity index (χ4v) is 1.83. The standard InChI is InChI=1S/C15H19NO/c1-12(2)5-4-10-17-14-7-8-15-13(11-14)6-3-9-16-15/h3,6-9,11-12H,4-5,10H2,1-2H3. The van der Waals surface area contributed by atoms with Crippen LogP contribution in [0.2, 0.25) is 0 Å². The zero-order valence-corrected chi connectivity index (χ0v) is 10.5. The van der Waals surface area contributed by atoms with Crippen molar-refractivity contribution in [1.29, 1.82) is 0 Å². The molecule has 0 saturated carbocycles. The van der Waals surface area contributed by atoms with Crippen molar-refractivity contribution in [3.63, 3.8) is 0 Å². The number of hydrogen-bond acceptors (Lipinski definition) is 2. The zero-order chi connectivity index (χ0) is 12.1. The first-order valence-corrected chi connectivity index (χ1v) is 6.23. The highest BCUT2D eigenvalue weighted by atomic mass is 16.5. The number of rotatable bonds is 5. The second kappa shape index (κ2) is 5.67. The largest absolute Gasteiger partial charge is 0.494 e. The van der Waals surface area contributed by atoms with Gasteiger partial charge in [0.1, 0.15) is 5.75 Å². The summed E-state index contributed by atoms with van der Waals surface area (Å²) in [6.07, 6.45) is 4.14. The molecule has 0 unspecified atom stereocenters. The smallest absolute Gasteiger partial charge is 0.120 e. The maximum Gasteiger partial charge on any atom is 0.120 e. The van der Waals surface area contributed by atoms with E-state index in [1.807, 2.05) is 24.4 Å². The number of fused-ring (bicyclic) bond motifs is 1. The van der Waals surface area contributed by atoms with Crippen LogP contribution in [0.25, 0.3) is 10.9 Å². The van der Waals surface area contributed by atoms with Crippen molar-refractivity contribution in [3.05, 3.63) is 36.5 Å². The molecule has 0 saturated heterocycles. The monoisotopic (exact) mass is 229 g/mol. The topological polar surface area (TPSA) is 22.1 Å². The summed E-state index contributed by atoms with van der Waals surface area (Å²) >= 11 is 0. The van der Waals surface area contributed by atoms with Gasteiger partial charge in [-0.05, 0) is 43.0 Å². The van der Waals surface area contributed by atoms with E-state index in [9.17, 15) is 0 Å². The van der Waals surface area contributed by atoms with Crippen molar-refractivity contribution < 1.29 is 4.74 Å². The molecule has 0 bridgehead atoms. The van der Waals surface area contributed by atoms with Crippen LogP contribution in [0.15, 0.2) is 36.5 Å². The van der Waals surface area contributed by atoms with Gasteiger partial charge >= 0.3 is 0 Å². The molecule has 0 fully saturated rings. The second-order valence-electron chi connectivity index (χ2n) is 4.74. The van der Waals surface area contributed by atoms with Gasteiger partial charge in [0.05, 0.1) is 12.1 Å². The van der Waals surface area contributed by atoms with E-state index >= 15 is 0 Å². The summed E-state index contributed by atoms with van der Waals surface area (Å²) in [6, 6.07) is 10.1. The van der Waals surface area contributed by atoms with Crippen molar-refractivity contribution >= 4 is 10.9 Å². The van der Waals surface area contributed by atoms with Crippen LogP contribution in [0, 0.1) is 5.92 Å². The van der Waals surface area contributed by atoms with Gasteiger partial charge in [-0.1, -0.05) is 19.9 Å². The fourth-order valence-electron chi connectivity index (χ4n) is 1.83. The third kappa shape index (κ3) is 3.45. The maximum absolute atomic E-state index is 5.74. The van der Waals surface area contributed by atoms with Gasteiger partial charge in [-0.2, -0.15) is 0 Å². The Hall–Kier alpha value is -1.57. The van der Waals surface area contributed by atoms with Crippen molar-refractivity contribution in [3.8, 4) is 5.75 Å². The van der Waals surface area contributed by atoms with Gasteiger partial charge < -0.3 is 4.74 Å². The molecule has 90 valence electrons. The van der Waals surface area contributed by atoms with Crippen LogP contribution >= 0.6 is 0 Å². The Morgan fingerprint density at radius 1 is 1.24 bits per heavy atom. The number of aromatic nitrogens is 1. The number of benzene rings is 1. The lowest BCUT2D eigenvalue weighted by atomic mass is 10.1. The molecule has 1 aromatic carbocycles. The molecule has 1 aromatic heterocycles. The third-order valence-electron chi connectivity index (χ3n) is 2.77. The average molecular weight is 229 g/mol. The lowest BCUT2D eigenvalue weighted by Gasteiger charge is -2.08. The summed E-state index contributed by atoms with van der Waals surface area (Å²) in [7, 11) is 0. The Morgan fingerprint density at radius 3 is 2.94 bits per heavy atom. The van der Waals surface area contributed by atoms with E-state index in [1.54, 1.807) is 0 Å². The minimum Gasteiger partial charge on any atom is -0.494 e. The van der Waals surface area contributed by atoms with E-state index in [0.29, 0.717) is 0 Å². The highest BCUT2D eigenvalue weighted by Crippen LogP contribution is 2.19. The molecular weight excluding hydrogens is 210 g/mol.